The molecule has 0 aromatic carbocycles. The number of hydrogen-bond donors (Lipinski definition) is 1. The van der Waals surface area contributed by atoms with Gasteiger partial charge >= 0.3 is 51.4 Å². The van der Waals surface area contributed by atoms with Gasteiger partial charge in [0.2, 0.25) is 5.91 Å². The van der Waals surface area contributed by atoms with Crippen LogP contribution < -0.4 is 56.7 Å². The van der Waals surface area contributed by atoms with Gasteiger partial charge < -0.3 is 22.4 Å². The molecule has 5 nitrogen and oxygen atoms in total. The van der Waals surface area contributed by atoms with E-state index in [4.69, 9.17) is 0 Å². The average Bonchev–Trinajstić information content (AvgIpc) is 2.76. The molecule has 122 valence electrons. The first-order valence-electron chi connectivity index (χ1n) is 6.63. The fraction of sp³-hybridized carbons (Fsp3) is 0.600. The second-order valence-corrected chi connectivity index (χ2v) is 6.09. The van der Waals surface area contributed by atoms with Crippen LogP contribution in [0.25, 0.3) is 0 Å². The van der Waals surface area contributed by atoms with E-state index in [-0.39, 0.29) is 82.4 Å². The Hall–Kier alpha value is 0.336. The Morgan fingerprint density at radius 2 is 1.91 bits per heavy atom. The van der Waals surface area contributed by atoms with E-state index in [0.29, 0.717) is 6.54 Å². The van der Waals surface area contributed by atoms with Gasteiger partial charge in [-0.1, -0.05) is 13.8 Å². The molecule has 1 N–H and O–H groups in total. The minimum atomic E-state index is -0.475. The molecule has 0 aromatic heterocycles. The minimum Gasteiger partial charge on any atom is -0.383 e. The molecule has 0 saturated carbocycles. The molecule has 22 heavy (non-hydrogen) atoms. The van der Waals surface area contributed by atoms with Gasteiger partial charge in [-0.3, -0.25) is 9.59 Å². The van der Waals surface area contributed by atoms with Gasteiger partial charge in [-0.25, -0.2) is 0 Å². The minimum absolute atomic E-state index is 0. The molecular weight excluding hydrogens is 327 g/mol. The normalized spacial score (nSPS) is 12.9. The maximum atomic E-state index is 11.6. The molecule has 1 aliphatic heterocycles. The Balaban J connectivity index is -0.000000864. The van der Waals surface area contributed by atoms with Gasteiger partial charge in [0.25, 0.3) is 0 Å². The van der Waals surface area contributed by atoms with E-state index in [1.807, 2.05) is 34.0 Å². The predicted octanol–water partition coefficient (Wildman–Crippen LogP) is -1.16. The van der Waals surface area contributed by atoms with Crippen LogP contribution in [0.1, 0.15) is 34.1 Å². The van der Waals surface area contributed by atoms with Crippen LogP contribution in [-0.2, 0) is 14.4 Å². The average molecular weight is 354 g/mol. The molecule has 3 amide bonds. The number of thioether (sulfide) groups is 1. The third-order valence-electron chi connectivity index (χ3n) is 2.66. The number of rotatable bonds is 6. The van der Waals surface area contributed by atoms with E-state index >= 15 is 0 Å². The summed E-state index contributed by atoms with van der Waals surface area (Å²) in [6.45, 7) is 8.72. The number of carbonyl (C=O) groups excluding carboxylic acids is 3. The summed E-state index contributed by atoms with van der Waals surface area (Å²) in [4.78, 5) is 35.0. The first kappa shape index (κ1) is 27.2. The fourth-order valence-corrected chi connectivity index (χ4v) is 1.49. The van der Waals surface area contributed by atoms with E-state index in [9.17, 15) is 14.4 Å². The number of nitrogens with zero attached hydrogens (tertiary/aromatic N) is 1. The summed E-state index contributed by atoms with van der Waals surface area (Å²) in [7, 11) is 0. The Bertz CT molecular complexity index is 380. The van der Waals surface area contributed by atoms with E-state index in [1.165, 1.54) is 0 Å². The van der Waals surface area contributed by atoms with E-state index in [2.05, 4.69) is 11.4 Å². The number of amides is 3. The number of nitrogens with one attached hydrogen (secondary N) is 1. The maximum Gasteiger partial charge on any atom is 1.00 e. The summed E-state index contributed by atoms with van der Waals surface area (Å²) < 4.78 is -0.0235. The largest absolute Gasteiger partial charge is 1.00 e. The Kier molecular flexibility index (Phi) is 17.0. The molecule has 0 atom stereocenters. The molecule has 0 aliphatic carbocycles. The molecule has 7 heteroatoms. The number of hydrogen-bond acceptors (Lipinski definition) is 4. The quantitative estimate of drug-likeness (QED) is 0.372. The molecule has 0 saturated heterocycles. The molecule has 1 aliphatic rings. The summed E-state index contributed by atoms with van der Waals surface area (Å²) in [6, 6.07) is 0. The Morgan fingerprint density at radius 3 is 2.32 bits per heavy atom. The summed E-state index contributed by atoms with van der Waals surface area (Å²) >= 11 is 1.66. The zero-order chi connectivity index (χ0) is 15.8. The first-order chi connectivity index (χ1) is 9.35. The van der Waals surface area contributed by atoms with Gasteiger partial charge in [0.05, 0.1) is 5.91 Å². The predicted molar refractivity (Wildman–Crippen MR) is 87.5 cm³/mol. The zero-order valence-corrected chi connectivity index (χ0v) is 18.7. The summed E-state index contributed by atoms with van der Waals surface area (Å²) in [5.74, 6) is -1.04. The van der Waals surface area contributed by atoms with Crippen LogP contribution in [0.2, 0.25) is 0 Å². The van der Waals surface area contributed by atoms with Crippen molar-refractivity contribution in [1.82, 2.24) is 10.2 Å². The topological polar surface area (TPSA) is 66.5 Å². The second kappa shape index (κ2) is 13.7. The van der Waals surface area contributed by atoms with Crippen molar-refractivity contribution in [2.45, 2.75) is 38.9 Å². The second-order valence-electron chi connectivity index (χ2n) is 4.57. The van der Waals surface area contributed by atoms with Crippen LogP contribution in [0.3, 0.4) is 0 Å². The van der Waals surface area contributed by atoms with Crippen LogP contribution in [-0.4, -0.2) is 46.7 Å². The Morgan fingerprint density at radius 1 is 1.36 bits per heavy atom. The summed E-state index contributed by atoms with van der Waals surface area (Å²) in [6.07, 6.45) is 5.48. The zero-order valence-electron chi connectivity index (χ0n) is 14.8. The third kappa shape index (κ3) is 10.2. The van der Waals surface area contributed by atoms with Crippen molar-refractivity contribution in [3.63, 3.8) is 0 Å². The van der Waals surface area contributed by atoms with Crippen LogP contribution in [0.5, 0.6) is 0 Å². The van der Waals surface area contributed by atoms with Crippen molar-refractivity contribution in [2.75, 3.05) is 19.3 Å². The van der Waals surface area contributed by atoms with Gasteiger partial charge in [0, 0.05) is 24.3 Å². The van der Waals surface area contributed by atoms with Crippen LogP contribution >= 0.6 is 11.8 Å². The van der Waals surface area contributed by atoms with Crippen LogP contribution in [0.4, 0.5) is 0 Å². The van der Waals surface area contributed by atoms with Crippen molar-refractivity contribution in [2.24, 2.45) is 0 Å². The van der Waals surface area contributed by atoms with Crippen molar-refractivity contribution in [3.05, 3.63) is 19.6 Å². The molecule has 1 rings (SSSR count). The van der Waals surface area contributed by atoms with Crippen molar-refractivity contribution in [3.8, 4) is 0 Å². The fourth-order valence-electron chi connectivity index (χ4n) is 1.28. The van der Waals surface area contributed by atoms with Crippen LogP contribution in [0, 0.1) is 13.5 Å². The molecule has 0 bridgehead atoms. The molecule has 0 fully saturated rings. The van der Waals surface area contributed by atoms with Gasteiger partial charge in [0.15, 0.2) is 0 Å². The molecule has 0 radical (unpaired) electrons. The molecule has 0 aromatic rings. The number of carbonyl (C=O) groups is 3. The Labute approximate surface area is 181 Å². The van der Waals surface area contributed by atoms with Crippen LogP contribution in [0.15, 0.2) is 6.08 Å². The summed E-state index contributed by atoms with van der Waals surface area (Å²) in [5, 5.41) is 2.79. The van der Waals surface area contributed by atoms with E-state index < -0.39 is 11.8 Å². The van der Waals surface area contributed by atoms with Crippen molar-refractivity contribution < 1.29 is 65.8 Å². The monoisotopic (exact) mass is 353 g/mol. The van der Waals surface area contributed by atoms with Crippen molar-refractivity contribution in [1.29, 1.82) is 0 Å². The van der Waals surface area contributed by atoms with Crippen molar-refractivity contribution >= 4 is 29.5 Å². The van der Waals surface area contributed by atoms with Gasteiger partial charge in [0.1, 0.15) is 5.91 Å². The summed E-state index contributed by atoms with van der Waals surface area (Å²) in [5.41, 5.74) is 0. The van der Waals surface area contributed by atoms with E-state index in [0.717, 1.165) is 11.0 Å². The van der Waals surface area contributed by atoms with Gasteiger partial charge in [-0.15, -0.1) is 0 Å². The molecule has 1 heterocycles. The standard InChI is InChI=1S/C12H17N2O3S.C2H6.CH3.K/c1-12(2,18-3)8-13-9(15)6-7-14-10(16)4-5-11(14)17;1-2;;/h4H,6-8H2,1-3H3,(H,13,15);1-2H3;1H3;/q-1;;-1;+1. The molecule has 0 unspecified atom stereocenters. The molecular formula is C15H26KN2O3S-. The smallest absolute Gasteiger partial charge is 0.383 e. The van der Waals surface area contributed by atoms with Gasteiger partial charge in [-0.2, -0.15) is 23.9 Å². The third-order valence-corrected chi connectivity index (χ3v) is 3.91. The van der Waals surface area contributed by atoms with Gasteiger partial charge in [-0.05, 0) is 20.1 Å². The SMILES string of the molecule is CC.CSC(C)(C)CNC(=O)CCN1C(=O)[C-]=CC1=O.[CH3-].[K+]. The number of imide groups is 1. The maximum absolute atomic E-state index is 11.6. The molecule has 0 spiro atoms. The first-order valence-corrected chi connectivity index (χ1v) is 7.85. The van der Waals surface area contributed by atoms with E-state index in [1.54, 1.807) is 11.8 Å².